The van der Waals surface area contributed by atoms with E-state index in [1.54, 1.807) is 12.1 Å². The first kappa shape index (κ1) is 16.9. The first-order valence-corrected chi connectivity index (χ1v) is 8.76. The molecule has 2 aromatic rings. The molecule has 0 aliphatic carbocycles. The van der Waals surface area contributed by atoms with Crippen LogP contribution in [-0.4, -0.2) is 36.7 Å². The molecular formula is C18H20BrN3O2. The third-order valence-electron chi connectivity index (χ3n) is 3.93. The fourth-order valence-corrected chi connectivity index (χ4v) is 2.88. The van der Waals surface area contributed by atoms with Crippen molar-refractivity contribution in [2.45, 2.75) is 19.6 Å². The predicted octanol–water partition coefficient (Wildman–Crippen LogP) is 3.00. The zero-order valence-corrected chi connectivity index (χ0v) is 15.1. The van der Waals surface area contributed by atoms with Gasteiger partial charge in [0.1, 0.15) is 5.82 Å². The van der Waals surface area contributed by atoms with Gasteiger partial charge in [0.05, 0.1) is 12.7 Å². The summed E-state index contributed by atoms with van der Waals surface area (Å²) in [4.78, 5) is 18.8. The fraction of sp³-hybridized carbons (Fsp3) is 0.333. The van der Waals surface area contributed by atoms with Crippen LogP contribution in [0.25, 0.3) is 0 Å². The molecule has 24 heavy (non-hydrogen) atoms. The van der Waals surface area contributed by atoms with Crippen LogP contribution in [0.1, 0.15) is 22.8 Å². The Bertz CT molecular complexity index is 688. The summed E-state index contributed by atoms with van der Waals surface area (Å²) in [6.07, 6.45) is 2.04. The number of benzene rings is 1. The van der Waals surface area contributed by atoms with Crippen molar-refractivity contribution < 1.29 is 9.53 Å². The van der Waals surface area contributed by atoms with Gasteiger partial charge in [0, 0.05) is 35.9 Å². The Hall–Kier alpha value is -1.92. The summed E-state index contributed by atoms with van der Waals surface area (Å²) >= 11 is 3.36. The summed E-state index contributed by atoms with van der Waals surface area (Å²) in [5.41, 5.74) is 1.62. The number of pyridine rings is 1. The van der Waals surface area contributed by atoms with Crippen molar-refractivity contribution in [3.63, 3.8) is 0 Å². The van der Waals surface area contributed by atoms with Gasteiger partial charge in [0.25, 0.3) is 5.91 Å². The maximum absolute atomic E-state index is 12.1. The lowest BCUT2D eigenvalue weighted by Gasteiger charge is -2.32. The highest BCUT2D eigenvalue weighted by Crippen LogP contribution is 2.15. The average Bonchev–Trinajstić information content (AvgIpc) is 2.61. The Balaban J connectivity index is 1.56. The average molecular weight is 390 g/mol. The maximum Gasteiger partial charge on any atom is 0.251 e. The SMILES string of the molecule is CC1CN(c2ccc(CNC(=O)c3ccc(Br)cc3)cn2)CCO1. The lowest BCUT2D eigenvalue weighted by molar-refractivity contribution is 0.0529. The third-order valence-corrected chi connectivity index (χ3v) is 4.46. The van der Waals surface area contributed by atoms with Gasteiger partial charge in [-0.2, -0.15) is 0 Å². The van der Waals surface area contributed by atoms with Gasteiger partial charge in [-0.25, -0.2) is 4.98 Å². The highest BCUT2D eigenvalue weighted by molar-refractivity contribution is 9.10. The number of halogens is 1. The summed E-state index contributed by atoms with van der Waals surface area (Å²) in [5, 5.41) is 2.91. The van der Waals surface area contributed by atoms with Gasteiger partial charge < -0.3 is 15.0 Å². The molecule has 0 spiro atoms. The number of anilines is 1. The van der Waals surface area contributed by atoms with Crippen LogP contribution in [0.5, 0.6) is 0 Å². The molecule has 1 fully saturated rings. The minimum absolute atomic E-state index is 0.0893. The van der Waals surface area contributed by atoms with Crippen molar-refractivity contribution in [2.24, 2.45) is 0 Å². The van der Waals surface area contributed by atoms with Gasteiger partial charge in [-0.3, -0.25) is 4.79 Å². The van der Waals surface area contributed by atoms with E-state index in [0.717, 1.165) is 35.6 Å². The monoisotopic (exact) mass is 389 g/mol. The number of nitrogens with zero attached hydrogens (tertiary/aromatic N) is 2. The Kier molecular flexibility index (Phi) is 5.48. The number of ether oxygens (including phenoxy) is 1. The Labute approximate surface area is 150 Å². The molecule has 1 saturated heterocycles. The van der Waals surface area contributed by atoms with Crippen molar-refractivity contribution in [3.8, 4) is 0 Å². The Morgan fingerprint density at radius 2 is 2.12 bits per heavy atom. The minimum Gasteiger partial charge on any atom is -0.375 e. The number of carbonyl (C=O) groups excluding carboxylic acids is 1. The van der Waals surface area contributed by atoms with Crippen LogP contribution in [0.4, 0.5) is 5.82 Å². The highest BCUT2D eigenvalue weighted by Gasteiger charge is 2.17. The Morgan fingerprint density at radius 1 is 1.33 bits per heavy atom. The molecule has 1 N–H and O–H groups in total. The van der Waals surface area contributed by atoms with Crippen molar-refractivity contribution in [1.82, 2.24) is 10.3 Å². The zero-order chi connectivity index (χ0) is 16.9. The fourth-order valence-electron chi connectivity index (χ4n) is 2.62. The van der Waals surface area contributed by atoms with Crippen molar-refractivity contribution in [3.05, 3.63) is 58.2 Å². The number of rotatable bonds is 4. The van der Waals surface area contributed by atoms with E-state index in [0.29, 0.717) is 12.1 Å². The van der Waals surface area contributed by atoms with Crippen LogP contribution >= 0.6 is 15.9 Å². The van der Waals surface area contributed by atoms with Gasteiger partial charge in [-0.05, 0) is 42.8 Å². The van der Waals surface area contributed by atoms with Crippen LogP contribution in [0.3, 0.4) is 0 Å². The largest absolute Gasteiger partial charge is 0.375 e. The standard InChI is InChI=1S/C18H20BrN3O2/c1-13-12-22(8-9-24-13)17-7-2-14(10-20-17)11-21-18(23)15-3-5-16(19)6-4-15/h2-7,10,13H,8-9,11-12H2,1H3,(H,21,23). The summed E-state index contributed by atoms with van der Waals surface area (Å²) in [5.74, 6) is 0.863. The van der Waals surface area contributed by atoms with Crippen LogP contribution in [0.15, 0.2) is 47.1 Å². The molecule has 1 aliphatic rings. The number of hydrogen-bond donors (Lipinski definition) is 1. The van der Waals surface area contributed by atoms with Crippen LogP contribution in [0.2, 0.25) is 0 Å². The molecule has 1 aliphatic heterocycles. The van der Waals surface area contributed by atoms with Crippen molar-refractivity contribution in [2.75, 3.05) is 24.6 Å². The van der Waals surface area contributed by atoms with E-state index >= 15 is 0 Å². The molecule has 1 aromatic heterocycles. The van der Waals surface area contributed by atoms with E-state index in [1.807, 2.05) is 30.5 Å². The lowest BCUT2D eigenvalue weighted by atomic mass is 10.2. The summed E-state index contributed by atoms with van der Waals surface area (Å²) < 4.78 is 6.50. The van der Waals surface area contributed by atoms with Crippen LogP contribution in [0, 0.1) is 0 Å². The van der Waals surface area contributed by atoms with Crippen molar-refractivity contribution in [1.29, 1.82) is 0 Å². The van der Waals surface area contributed by atoms with E-state index < -0.39 is 0 Å². The van der Waals surface area contributed by atoms with Gasteiger partial charge in [0.15, 0.2) is 0 Å². The molecule has 0 saturated carbocycles. The molecule has 1 unspecified atom stereocenters. The molecular weight excluding hydrogens is 370 g/mol. The topological polar surface area (TPSA) is 54.5 Å². The summed E-state index contributed by atoms with van der Waals surface area (Å²) in [6.45, 7) is 4.97. The second-order valence-corrected chi connectivity index (χ2v) is 6.76. The molecule has 0 radical (unpaired) electrons. The molecule has 126 valence electrons. The Morgan fingerprint density at radius 3 is 2.79 bits per heavy atom. The predicted molar refractivity (Wildman–Crippen MR) is 97.2 cm³/mol. The lowest BCUT2D eigenvalue weighted by Crippen LogP contribution is -2.41. The number of amides is 1. The van der Waals surface area contributed by atoms with E-state index in [1.165, 1.54) is 0 Å². The molecule has 3 rings (SSSR count). The van der Waals surface area contributed by atoms with E-state index in [4.69, 9.17) is 4.74 Å². The smallest absolute Gasteiger partial charge is 0.251 e. The number of carbonyl (C=O) groups is 1. The van der Waals surface area contributed by atoms with Gasteiger partial charge in [-0.1, -0.05) is 22.0 Å². The second-order valence-electron chi connectivity index (χ2n) is 5.84. The highest BCUT2D eigenvalue weighted by atomic mass is 79.9. The molecule has 2 heterocycles. The number of hydrogen-bond acceptors (Lipinski definition) is 4. The van der Waals surface area contributed by atoms with E-state index in [2.05, 4.69) is 38.1 Å². The van der Waals surface area contributed by atoms with Crippen LogP contribution in [-0.2, 0) is 11.3 Å². The summed E-state index contributed by atoms with van der Waals surface area (Å²) in [6, 6.07) is 11.3. The first-order chi connectivity index (χ1) is 11.6. The number of nitrogens with one attached hydrogen (secondary N) is 1. The molecule has 6 heteroatoms. The van der Waals surface area contributed by atoms with Gasteiger partial charge in [-0.15, -0.1) is 0 Å². The van der Waals surface area contributed by atoms with E-state index in [9.17, 15) is 4.79 Å². The summed E-state index contributed by atoms with van der Waals surface area (Å²) in [7, 11) is 0. The number of morpholine rings is 1. The van der Waals surface area contributed by atoms with Gasteiger partial charge >= 0.3 is 0 Å². The molecule has 1 atom stereocenters. The quantitative estimate of drug-likeness (QED) is 0.872. The molecule has 1 amide bonds. The van der Waals surface area contributed by atoms with Gasteiger partial charge in [0.2, 0.25) is 0 Å². The normalized spacial score (nSPS) is 17.6. The van der Waals surface area contributed by atoms with E-state index in [-0.39, 0.29) is 12.0 Å². The molecule has 1 aromatic carbocycles. The minimum atomic E-state index is -0.0893. The second kappa shape index (κ2) is 7.77. The number of aromatic nitrogens is 1. The molecule has 5 nitrogen and oxygen atoms in total. The first-order valence-electron chi connectivity index (χ1n) is 7.97. The molecule has 0 bridgehead atoms. The zero-order valence-electron chi connectivity index (χ0n) is 13.5. The maximum atomic E-state index is 12.1. The van der Waals surface area contributed by atoms with Crippen LogP contribution < -0.4 is 10.2 Å². The van der Waals surface area contributed by atoms with Crippen molar-refractivity contribution >= 4 is 27.7 Å². The third kappa shape index (κ3) is 4.33.